The van der Waals surface area contributed by atoms with Gasteiger partial charge in [-0.05, 0) is 63.8 Å². The Bertz CT molecular complexity index is 823. The van der Waals surface area contributed by atoms with Gasteiger partial charge < -0.3 is 57.5 Å². The molecule has 0 aromatic carbocycles. The zero-order chi connectivity index (χ0) is 38.2. The first-order chi connectivity index (χ1) is 22.7. The number of amides is 1. The Morgan fingerprint density at radius 3 is 0.959 bits per heavy atom. The van der Waals surface area contributed by atoms with Gasteiger partial charge in [0.05, 0.1) is 0 Å². The van der Waals surface area contributed by atoms with Crippen LogP contribution >= 0.6 is 0 Å². The lowest BCUT2D eigenvalue weighted by Gasteiger charge is -2.46. The predicted molar refractivity (Wildman–Crippen MR) is 208 cm³/mol. The molecule has 0 radical (unpaired) electrons. The van der Waals surface area contributed by atoms with Gasteiger partial charge in [0.2, 0.25) is 5.91 Å². The molecule has 0 aromatic rings. The van der Waals surface area contributed by atoms with Gasteiger partial charge in [-0.15, -0.1) is 0 Å². The molecule has 0 bridgehead atoms. The second-order valence-corrected chi connectivity index (χ2v) is 39.7. The standard InChI is InChI=1S/C28H71NO13Si7/c1-18-27(2)28(30)29-19-20-49(40-43(12,13)21-24-46(31-3,32-4)33-5,41-44(14,15)22-25-47(34-6,35-7)36-8)42-45(16,17)23-26-48(37-9,38-10)39-11/h27H,18-26H2,1-17H3,(H,29,30). The largest absolute Gasteiger partial charge is 0.499 e. The Labute approximate surface area is 305 Å². The van der Waals surface area contributed by atoms with Crippen LogP contribution in [0.4, 0.5) is 0 Å². The van der Waals surface area contributed by atoms with E-state index in [0.29, 0.717) is 48.9 Å². The summed E-state index contributed by atoms with van der Waals surface area (Å²) in [6.45, 7) is 17.3. The molecular weight excluding hydrogens is 755 g/mol. The minimum atomic E-state index is -3.54. The van der Waals surface area contributed by atoms with Crippen LogP contribution in [0.1, 0.15) is 20.3 Å². The van der Waals surface area contributed by atoms with Crippen LogP contribution in [0.5, 0.6) is 0 Å². The lowest BCUT2D eigenvalue weighted by atomic mass is 10.1. The van der Waals surface area contributed by atoms with Crippen molar-refractivity contribution in [3.63, 3.8) is 0 Å². The third-order valence-corrected chi connectivity index (χ3v) is 34.3. The molecule has 0 spiro atoms. The number of carbonyl (C=O) groups is 1. The molecule has 1 unspecified atom stereocenters. The highest BCUT2D eigenvalue weighted by atomic mass is 28.5. The van der Waals surface area contributed by atoms with E-state index in [2.05, 4.69) is 44.6 Å². The second-order valence-electron chi connectivity index (χ2n) is 14.0. The zero-order valence-electron chi connectivity index (χ0n) is 33.7. The van der Waals surface area contributed by atoms with Crippen LogP contribution in [0.3, 0.4) is 0 Å². The van der Waals surface area contributed by atoms with E-state index in [-0.39, 0.29) is 11.8 Å². The van der Waals surface area contributed by atoms with Crippen molar-refractivity contribution in [3.05, 3.63) is 0 Å². The summed E-state index contributed by atoms with van der Waals surface area (Å²) in [6.07, 6.45) is 0.746. The van der Waals surface area contributed by atoms with Crippen molar-refractivity contribution in [2.75, 3.05) is 70.5 Å². The third kappa shape index (κ3) is 16.6. The molecule has 294 valence electrons. The summed E-state index contributed by atoms with van der Waals surface area (Å²) in [4.78, 5) is 12.9. The van der Waals surface area contributed by atoms with Crippen LogP contribution < -0.4 is 5.32 Å². The minimum Gasteiger partial charge on any atom is -0.417 e. The average Bonchev–Trinajstić information content (AvgIpc) is 3.06. The summed E-state index contributed by atoms with van der Waals surface area (Å²) < 4.78 is 73.8. The van der Waals surface area contributed by atoms with Crippen molar-refractivity contribution in [2.24, 2.45) is 5.92 Å². The smallest absolute Gasteiger partial charge is 0.417 e. The van der Waals surface area contributed by atoms with E-state index in [0.717, 1.165) is 6.42 Å². The fourth-order valence-electron chi connectivity index (χ4n) is 5.36. The fourth-order valence-corrected chi connectivity index (χ4v) is 34.2. The van der Waals surface area contributed by atoms with Gasteiger partial charge in [-0.25, -0.2) is 0 Å². The van der Waals surface area contributed by atoms with Crippen molar-refractivity contribution in [2.45, 2.75) is 102 Å². The highest BCUT2D eigenvalue weighted by Gasteiger charge is 2.54. The number of carbonyl (C=O) groups excluding carboxylic acids is 1. The van der Waals surface area contributed by atoms with Crippen LogP contribution in [0.25, 0.3) is 0 Å². The first-order valence-corrected chi connectivity index (χ1v) is 34.1. The van der Waals surface area contributed by atoms with Crippen LogP contribution in [-0.2, 0) is 57.0 Å². The molecule has 0 saturated carbocycles. The molecule has 1 N–H and O–H groups in total. The van der Waals surface area contributed by atoms with Gasteiger partial charge in [-0.3, -0.25) is 4.79 Å². The minimum absolute atomic E-state index is 0.00174. The van der Waals surface area contributed by atoms with E-state index < -0.39 is 60.2 Å². The van der Waals surface area contributed by atoms with Crippen molar-refractivity contribution in [1.82, 2.24) is 5.32 Å². The summed E-state index contributed by atoms with van der Waals surface area (Å²) >= 11 is 0. The quantitative estimate of drug-likeness (QED) is 0.0967. The van der Waals surface area contributed by atoms with E-state index in [9.17, 15) is 4.79 Å². The average molecular weight is 826 g/mol. The maximum atomic E-state index is 12.9. The van der Waals surface area contributed by atoms with Crippen molar-refractivity contribution in [1.29, 1.82) is 0 Å². The number of hydrogen-bond acceptors (Lipinski definition) is 13. The van der Waals surface area contributed by atoms with Crippen molar-refractivity contribution >= 4 is 66.1 Å². The Morgan fingerprint density at radius 2 is 0.735 bits per heavy atom. The fraction of sp³-hybridized carbons (Fsp3) is 0.964. The van der Waals surface area contributed by atoms with E-state index in [1.807, 2.05) is 13.8 Å². The number of rotatable bonds is 29. The molecule has 0 saturated heterocycles. The molecule has 21 heteroatoms. The lowest BCUT2D eigenvalue weighted by molar-refractivity contribution is -0.124. The highest BCUT2D eigenvalue weighted by Crippen LogP contribution is 2.36. The maximum absolute atomic E-state index is 12.9. The second kappa shape index (κ2) is 22.0. The predicted octanol–water partition coefficient (Wildman–Crippen LogP) is 5.39. The Kier molecular flexibility index (Phi) is 22.3. The number of nitrogens with one attached hydrogen (secondary N) is 1. The number of hydrogen-bond donors (Lipinski definition) is 1. The Hall–Kier alpha value is 0.508. The summed E-state index contributed by atoms with van der Waals surface area (Å²) in [7, 11) is -5.25. The van der Waals surface area contributed by atoms with Gasteiger partial charge in [0, 0.05) is 101 Å². The molecule has 0 heterocycles. The summed E-state index contributed by atoms with van der Waals surface area (Å²) in [5.41, 5.74) is 0. The van der Waals surface area contributed by atoms with Gasteiger partial charge in [0.25, 0.3) is 0 Å². The van der Waals surface area contributed by atoms with Crippen LogP contribution in [0.15, 0.2) is 0 Å². The van der Waals surface area contributed by atoms with Crippen LogP contribution in [0, 0.1) is 5.92 Å². The summed E-state index contributed by atoms with van der Waals surface area (Å²) in [5.74, 6) is -0.111. The van der Waals surface area contributed by atoms with E-state index in [4.69, 9.17) is 52.2 Å². The molecule has 0 aliphatic carbocycles. The van der Waals surface area contributed by atoms with Gasteiger partial charge in [0.1, 0.15) is 0 Å². The lowest BCUT2D eigenvalue weighted by Crippen LogP contribution is -2.63. The van der Waals surface area contributed by atoms with Gasteiger partial charge in [-0.1, -0.05) is 13.8 Å². The van der Waals surface area contributed by atoms with Crippen LogP contribution in [0.2, 0.25) is 81.6 Å². The molecule has 1 amide bonds. The zero-order valence-corrected chi connectivity index (χ0v) is 40.7. The third-order valence-electron chi connectivity index (χ3n) is 8.98. The first-order valence-electron chi connectivity index (χ1n) is 17.0. The molecule has 14 nitrogen and oxygen atoms in total. The highest BCUT2D eigenvalue weighted by molar-refractivity contribution is 6.91. The van der Waals surface area contributed by atoms with Crippen molar-refractivity contribution < 1.29 is 57.0 Å². The summed E-state index contributed by atoms with van der Waals surface area (Å²) in [6, 6.07) is 4.25. The van der Waals surface area contributed by atoms with Gasteiger partial charge in [0.15, 0.2) is 25.0 Å². The van der Waals surface area contributed by atoms with Gasteiger partial charge in [-0.2, -0.15) is 0 Å². The van der Waals surface area contributed by atoms with E-state index >= 15 is 0 Å². The Morgan fingerprint density at radius 1 is 0.469 bits per heavy atom. The molecule has 0 aromatic heterocycles. The van der Waals surface area contributed by atoms with E-state index in [1.165, 1.54) is 0 Å². The normalized spacial score (nSPS) is 14.7. The molecule has 0 rings (SSSR count). The molecular formula is C28H71NO13Si7. The van der Waals surface area contributed by atoms with Gasteiger partial charge >= 0.3 is 35.2 Å². The molecule has 0 aliphatic rings. The molecule has 0 aliphatic heterocycles. The SMILES string of the molecule is CCC(C)C(=O)NCC[Si](O[Si](C)(C)CC[Si](OC)(OC)OC)(O[Si](C)(C)CC[Si](OC)(OC)OC)O[Si](C)(C)CC[Si](OC)(OC)OC. The topological polar surface area (TPSA) is 140 Å². The van der Waals surface area contributed by atoms with Crippen molar-refractivity contribution in [3.8, 4) is 0 Å². The van der Waals surface area contributed by atoms with Crippen LogP contribution in [-0.4, -0.2) is 137 Å². The Balaban J connectivity index is 6.97. The first kappa shape index (κ1) is 49.5. The molecule has 1 atom stereocenters. The maximum Gasteiger partial charge on any atom is 0.499 e. The molecule has 49 heavy (non-hydrogen) atoms. The molecule has 0 fully saturated rings. The monoisotopic (exact) mass is 825 g/mol. The van der Waals surface area contributed by atoms with E-state index in [1.54, 1.807) is 64.0 Å². The summed E-state index contributed by atoms with van der Waals surface area (Å²) in [5, 5.41) is 3.14.